The average molecular weight is 713 g/mol. The van der Waals surface area contributed by atoms with Crippen molar-refractivity contribution in [1.29, 1.82) is 0 Å². The Balaban J connectivity index is 1.59. The Labute approximate surface area is 300 Å². The first kappa shape index (κ1) is 40.0. The van der Waals surface area contributed by atoms with Crippen LogP contribution in [0.15, 0.2) is 47.6 Å². The fraction of sp³-hybridized carbons (Fsp3) is 0.756. The van der Waals surface area contributed by atoms with Gasteiger partial charge in [-0.3, -0.25) is 4.79 Å². The van der Waals surface area contributed by atoms with Crippen LogP contribution in [0.3, 0.4) is 0 Å². The predicted molar refractivity (Wildman–Crippen MR) is 206 cm³/mol. The molecule has 0 aromatic carbocycles. The maximum absolute atomic E-state index is 13.0. The zero-order valence-corrected chi connectivity index (χ0v) is 35.2. The van der Waals surface area contributed by atoms with Crippen molar-refractivity contribution in [2.24, 2.45) is 22.7 Å². The molecule has 4 rings (SSSR count). The van der Waals surface area contributed by atoms with Gasteiger partial charge in [-0.25, -0.2) is 4.79 Å². The van der Waals surface area contributed by atoms with Crippen molar-refractivity contribution in [3.63, 3.8) is 0 Å². The predicted octanol–water partition coefficient (Wildman–Crippen LogP) is 11.6. The molecule has 5 atom stereocenters. The summed E-state index contributed by atoms with van der Waals surface area (Å²) in [6, 6.07) is 0. The van der Waals surface area contributed by atoms with Gasteiger partial charge in [0.05, 0.1) is 12.2 Å². The number of carboxylic acid groups (broad SMARTS) is 1. The van der Waals surface area contributed by atoms with Crippen LogP contribution in [0.1, 0.15) is 120 Å². The zero-order chi connectivity index (χ0) is 37.0. The van der Waals surface area contributed by atoms with Gasteiger partial charge in [0.2, 0.25) is 0 Å². The first-order valence-electron chi connectivity index (χ1n) is 18.8. The van der Waals surface area contributed by atoms with E-state index in [2.05, 4.69) is 107 Å². The molecule has 6 nitrogen and oxygen atoms in total. The minimum absolute atomic E-state index is 0.0347. The van der Waals surface area contributed by atoms with E-state index in [1.807, 2.05) is 6.08 Å². The molecule has 4 aliphatic rings. The van der Waals surface area contributed by atoms with Crippen LogP contribution in [0.25, 0.3) is 0 Å². The standard InChI is InChI=1S/C41H68O6Si2/c1-28-30(26-31(46-48(11,12)37(2,3)4)27-33(28)47-49(13,14)38(5,6)7)18-17-29-16-15-22-40(10)32(29)19-20-34(40)39(8,9)23-21-35(42)41(24-25-41)45-36(43)44/h17-18,21,23,31-34H,1,15-16,19-20,22,24-27H2,2-14H3,(H,43,44)/b23-21+,29-17+,30-18-/t31-,32+,33+,34-,40+/m1/s1. The second-order valence-corrected chi connectivity index (χ2v) is 29.2. The van der Waals surface area contributed by atoms with E-state index in [0.29, 0.717) is 24.7 Å². The Morgan fingerprint density at radius 2 is 1.49 bits per heavy atom. The lowest BCUT2D eigenvalue weighted by molar-refractivity contribution is -0.125. The molecule has 0 radical (unpaired) electrons. The Bertz CT molecular complexity index is 1380. The van der Waals surface area contributed by atoms with Crippen molar-refractivity contribution in [3.8, 4) is 0 Å². The quantitative estimate of drug-likeness (QED) is 0.138. The molecule has 0 spiro atoms. The lowest BCUT2D eigenvalue weighted by atomic mass is 9.57. The highest BCUT2D eigenvalue weighted by Gasteiger charge is 2.55. The first-order valence-corrected chi connectivity index (χ1v) is 24.7. The SMILES string of the molecule is C=C1/C(=C\C=C2/CCC[C@]3(C)[C@@H](C(C)(C)/C=C/C(=O)C4(OC(=O)O)CC4)CC[C@@H]23)C[C@@H](O[Si](C)(C)C(C)(C)C)C[C@@H]1O[Si](C)(C)C(C)(C)C. The van der Waals surface area contributed by atoms with E-state index < -0.39 is 28.4 Å². The van der Waals surface area contributed by atoms with E-state index in [4.69, 9.17) is 18.7 Å². The van der Waals surface area contributed by atoms with Crippen molar-refractivity contribution in [1.82, 2.24) is 0 Å². The number of ketones is 1. The van der Waals surface area contributed by atoms with Gasteiger partial charge in [0, 0.05) is 6.42 Å². The molecule has 0 amide bonds. The van der Waals surface area contributed by atoms with Gasteiger partial charge in [0.15, 0.2) is 28.0 Å². The molecule has 276 valence electrons. The van der Waals surface area contributed by atoms with Gasteiger partial charge in [-0.1, -0.05) is 92.7 Å². The number of fused-ring (bicyclic) bond motifs is 1. The summed E-state index contributed by atoms with van der Waals surface area (Å²) in [5.74, 6) is 0.681. The van der Waals surface area contributed by atoms with Gasteiger partial charge in [0.1, 0.15) is 0 Å². The molecule has 4 saturated carbocycles. The number of rotatable bonds is 10. The third-order valence-corrected chi connectivity index (χ3v) is 22.7. The fourth-order valence-electron chi connectivity index (χ4n) is 8.47. The van der Waals surface area contributed by atoms with Gasteiger partial charge in [-0.2, -0.15) is 0 Å². The van der Waals surface area contributed by atoms with Gasteiger partial charge < -0.3 is 18.7 Å². The Morgan fingerprint density at radius 3 is 2.04 bits per heavy atom. The molecular weight excluding hydrogens is 645 g/mol. The highest BCUT2D eigenvalue weighted by Crippen LogP contribution is 2.62. The van der Waals surface area contributed by atoms with Crippen molar-refractivity contribution in [2.75, 3.05) is 0 Å². The summed E-state index contributed by atoms with van der Waals surface area (Å²) in [7, 11) is -4.01. The fourth-order valence-corrected chi connectivity index (χ4v) is 11.1. The maximum atomic E-state index is 13.0. The second-order valence-electron chi connectivity index (χ2n) is 19.7. The molecule has 0 unspecified atom stereocenters. The Hall–Kier alpha value is -1.75. The van der Waals surface area contributed by atoms with Crippen LogP contribution in [0.4, 0.5) is 4.79 Å². The largest absolute Gasteiger partial charge is 0.506 e. The zero-order valence-electron chi connectivity index (χ0n) is 33.2. The molecule has 8 heteroatoms. The van der Waals surface area contributed by atoms with E-state index in [-0.39, 0.29) is 38.9 Å². The van der Waals surface area contributed by atoms with E-state index in [1.165, 1.54) is 17.6 Å². The lowest BCUT2D eigenvalue weighted by Gasteiger charge is -2.47. The first-order chi connectivity index (χ1) is 22.2. The number of allylic oxidation sites excluding steroid dienone is 4. The summed E-state index contributed by atoms with van der Waals surface area (Å²) < 4.78 is 19.1. The topological polar surface area (TPSA) is 82.1 Å². The molecule has 0 aliphatic heterocycles. The van der Waals surface area contributed by atoms with Gasteiger partial charge in [-0.15, -0.1) is 0 Å². The van der Waals surface area contributed by atoms with Crippen molar-refractivity contribution in [2.45, 2.75) is 174 Å². The monoisotopic (exact) mass is 712 g/mol. The van der Waals surface area contributed by atoms with E-state index in [0.717, 1.165) is 44.1 Å². The van der Waals surface area contributed by atoms with E-state index >= 15 is 0 Å². The lowest BCUT2D eigenvalue weighted by Crippen LogP contribution is -2.49. The summed E-state index contributed by atoms with van der Waals surface area (Å²) in [6.45, 7) is 34.8. The summed E-state index contributed by atoms with van der Waals surface area (Å²) in [4.78, 5) is 24.2. The maximum Gasteiger partial charge on any atom is 0.506 e. The highest BCUT2D eigenvalue weighted by atomic mass is 28.4. The molecular formula is C41H68O6Si2. The normalized spacial score (nSPS) is 31.3. The molecule has 1 N–H and O–H groups in total. The number of hydrogen-bond donors (Lipinski definition) is 1. The molecule has 0 heterocycles. The van der Waals surface area contributed by atoms with Crippen LogP contribution >= 0.6 is 0 Å². The van der Waals surface area contributed by atoms with E-state index in [9.17, 15) is 9.59 Å². The highest BCUT2D eigenvalue weighted by molar-refractivity contribution is 6.74. The van der Waals surface area contributed by atoms with Crippen molar-refractivity contribution < 1.29 is 28.3 Å². The third-order valence-electron chi connectivity index (χ3n) is 13.7. The second kappa shape index (κ2) is 13.7. The number of ether oxygens (including phenoxy) is 1. The number of hydrogen-bond acceptors (Lipinski definition) is 5. The van der Waals surface area contributed by atoms with Crippen LogP contribution < -0.4 is 0 Å². The Kier molecular flexibility index (Phi) is 11.2. The molecule has 0 aromatic heterocycles. The summed E-state index contributed by atoms with van der Waals surface area (Å²) in [5.41, 5.74) is 2.68. The molecule has 4 aliphatic carbocycles. The molecule has 49 heavy (non-hydrogen) atoms. The van der Waals surface area contributed by atoms with Gasteiger partial charge in [0.25, 0.3) is 0 Å². The van der Waals surface area contributed by atoms with Crippen LogP contribution in [-0.2, 0) is 18.4 Å². The average Bonchev–Trinajstić information content (AvgIpc) is 3.62. The van der Waals surface area contributed by atoms with Crippen LogP contribution in [0.2, 0.25) is 36.3 Å². The number of carbonyl (C=O) groups excluding carboxylic acids is 1. The Morgan fingerprint density at radius 1 is 0.898 bits per heavy atom. The van der Waals surface area contributed by atoms with Gasteiger partial charge in [-0.05, 0) is 128 Å². The third kappa shape index (κ3) is 8.50. The summed E-state index contributed by atoms with van der Waals surface area (Å²) >= 11 is 0. The van der Waals surface area contributed by atoms with Crippen molar-refractivity contribution >= 4 is 28.6 Å². The van der Waals surface area contributed by atoms with E-state index in [1.54, 1.807) is 6.08 Å². The van der Waals surface area contributed by atoms with Crippen molar-refractivity contribution in [3.05, 3.63) is 47.6 Å². The van der Waals surface area contributed by atoms with Crippen LogP contribution in [-0.4, -0.2) is 51.5 Å². The summed E-state index contributed by atoms with van der Waals surface area (Å²) in [6.07, 6.45) is 15.5. The van der Waals surface area contributed by atoms with Crippen LogP contribution in [0.5, 0.6) is 0 Å². The molecule has 0 saturated heterocycles. The molecule has 4 fully saturated rings. The number of carbonyl (C=O) groups is 2. The minimum Gasteiger partial charge on any atom is -0.450 e. The van der Waals surface area contributed by atoms with Crippen LogP contribution in [0, 0.1) is 22.7 Å². The molecule has 0 bridgehead atoms. The van der Waals surface area contributed by atoms with Gasteiger partial charge >= 0.3 is 6.16 Å². The summed E-state index contributed by atoms with van der Waals surface area (Å²) in [5, 5.41) is 9.37. The minimum atomic E-state index is -2.03. The molecule has 0 aromatic rings. The smallest absolute Gasteiger partial charge is 0.450 e.